The molecule has 1 N–H and O–H groups in total. The number of likely N-dealkylation sites (tertiary alicyclic amines) is 1. The summed E-state index contributed by atoms with van der Waals surface area (Å²) in [6, 6.07) is 10.8. The Morgan fingerprint density at radius 2 is 1.76 bits per heavy atom. The number of benzene rings is 1. The van der Waals surface area contributed by atoms with Crippen molar-refractivity contribution in [1.29, 1.82) is 0 Å². The Morgan fingerprint density at radius 1 is 1.05 bits per heavy atom. The molecule has 3 fully saturated rings. The lowest BCUT2D eigenvalue weighted by Crippen LogP contribution is -2.62. The number of esters is 1. The molecule has 7 heteroatoms. The molecule has 222 valence electrons. The zero-order valence-electron chi connectivity index (χ0n) is 24.8. The molecule has 1 aromatic heterocycles. The Bertz CT molecular complexity index is 1280. The Morgan fingerprint density at radius 3 is 2.44 bits per heavy atom. The lowest BCUT2D eigenvalue weighted by molar-refractivity contribution is -0.163. The van der Waals surface area contributed by atoms with Gasteiger partial charge >= 0.3 is 5.97 Å². The number of carbonyl (C=O) groups is 2. The number of piperidine rings is 1. The highest BCUT2D eigenvalue weighted by Crippen LogP contribution is 2.52. The number of aliphatic hydroxyl groups is 1. The second-order valence-electron chi connectivity index (χ2n) is 12.8. The van der Waals surface area contributed by atoms with E-state index in [1.165, 1.54) is 42.7 Å². The van der Waals surface area contributed by atoms with Gasteiger partial charge in [-0.15, -0.1) is 0 Å². The van der Waals surface area contributed by atoms with Crippen molar-refractivity contribution in [1.82, 2.24) is 9.47 Å². The number of rotatable bonds is 8. The molecule has 0 bridgehead atoms. The summed E-state index contributed by atoms with van der Waals surface area (Å²) in [5.74, 6) is 0.347. The first kappa shape index (κ1) is 29.6. The minimum atomic E-state index is -1.16. The number of amides is 1. The number of hydrogen-bond acceptors (Lipinski definition) is 5. The molecule has 3 aliphatic rings. The molecule has 5 rings (SSSR count). The van der Waals surface area contributed by atoms with Crippen LogP contribution < -0.4 is 5.56 Å². The zero-order valence-corrected chi connectivity index (χ0v) is 24.8. The van der Waals surface area contributed by atoms with Crippen molar-refractivity contribution in [2.24, 2.45) is 17.3 Å². The topological polar surface area (TPSA) is 88.8 Å². The number of pyridine rings is 1. The Labute approximate surface area is 243 Å². The van der Waals surface area contributed by atoms with Crippen LogP contribution in [-0.2, 0) is 16.1 Å². The van der Waals surface area contributed by atoms with E-state index in [0.717, 1.165) is 37.7 Å². The van der Waals surface area contributed by atoms with Gasteiger partial charge in [-0.1, -0.05) is 82.2 Å². The monoisotopic (exact) mass is 562 g/mol. The summed E-state index contributed by atoms with van der Waals surface area (Å²) in [6.45, 7) is 5.15. The van der Waals surface area contributed by atoms with Crippen LogP contribution in [0.3, 0.4) is 0 Å². The smallest absolute Gasteiger partial charge is 0.340 e. The van der Waals surface area contributed by atoms with E-state index in [2.05, 4.69) is 6.92 Å². The minimum Gasteiger partial charge on any atom is -0.462 e. The maximum absolute atomic E-state index is 13.6. The molecule has 41 heavy (non-hydrogen) atoms. The fraction of sp³-hybridized carbons (Fsp3) is 0.618. The first-order valence-electron chi connectivity index (χ1n) is 15.7. The summed E-state index contributed by atoms with van der Waals surface area (Å²) >= 11 is 0. The summed E-state index contributed by atoms with van der Waals surface area (Å²) < 4.78 is 6.84. The third-order valence-corrected chi connectivity index (χ3v) is 10.1. The van der Waals surface area contributed by atoms with E-state index in [4.69, 9.17) is 4.74 Å². The highest BCUT2D eigenvalue weighted by molar-refractivity contribution is 5.96. The summed E-state index contributed by atoms with van der Waals surface area (Å²) in [6.07, 6.45) is 12.9. The van der Waals surface area contributed by atoms with Gasteiger partial charge in [-0.25, -0.2) is 4.79 Å². The third kappa shape index (κ3) is 6.15. The Kier molecular flexibility index (Phi) is 9.03. The van der Waals surface area contributed by atoms with Gasteiger partial charge in [0.25, 0.3) is 5.56 Å². The maximum atomic E-state index is 13.6. The van der Waals surface area contributed by atoms with Crippen LogP contribution in [0.5, 0.6) is 0 Å². The summed E-state index contributed by atoms with van der Waals surface area (Å²) in [5, 5.41) is 12.3. The van der Waals surface area contributed by atoms with Gasteiger partial charge in [0.1, 0.15) is 0 Å². The predicted octanol–water partition coefficient (Wildman–Crippen LogP) is 5.82. The van der Waals surface area contributed by atoms with Crippen molar-refractivity contribution in [3.8, 4) is 11.1 Å². The largest absolute Gasteiger partial charge is 0.462 e. The highest BCUT2D eigenvalue weighted by atomic mass is 16.5. The van der Waals surface area contributed by atoms with E-state index >= 15 is 0 Å². The SMILES string of the molecule is CCOC(=O)c1cn(C[C@]2(O)CCN(C(=O)[C@H](C)CC3CCCCC3)CC23CCCC3)c(=O)cc1-c1ccccc1. The zero-order chi connectivity index (χ0) is 29.0. The second kappa shape index (κ2) is 12.5. The van der Waals surface area contributed by atoms with E-state index in [1.54, 1.807) is 13.1 Å². The van der Waals surface area contributed by atoms with Gasteiger partial charge in [-0.3, -0.25) is 9.59 Å². The fourth-order valence-electron chi connectivity index (χ4n) is 7.83. The minimum absolute atomic E-state index is 0.0111. The molecule has 1 aliphatic heterocycles. The van der Waals surface area contributed by atoms with Crippen LogP contribution in [0.25, 0.3) is 11.1 Å². The first-order valence-corrected chi connectivity index (χ1v) is 15.7. The molecule has 2 heterocycles. The molecule has 1 spiro atoms. The molecule has 2 atom stereocenters. The number of ether oxygens (including phenoxy) is 1. The third-order valence-electron chi connectivity index (χ3n) is 10.1. The number of hydrogen-bond donors (Lipinski definition) is 1. The van der Waals surface area contributed by atoms with E-state index < -0.39 is 17.0 Å². The van der Waals surface area contributed by atoms with Crippen LogP contribution in [0.15, 0.2) is 47.4 Å². The molecule has 0 radical (unpaired) electrons. The quantitative estimate of drug-likeness (QED) is 0.410. The molecule has 0 unspecified atom stereocenters. The van der Waals surface area contributed by atoms with E-state index in [-0.39, 0.29) is 30.5 Å². The van der Waals surface area contributed by atoms with Gasteiger partial charge in [0.05, 0.1) is 24.3 Å². The molecule has 2 aromatic rings. The number of carbonyl (C=O) groups excluding carboxylic acids is 2. The summed E-state index contributed by atoms with van der Waals surface area (Å²) in [5.41, 5.74) is -0.284. The van der Waals surface area contributed by atoms with Crippen molar-refractivity contribution < 1.29 is 19.4 Å². The van der Waals surface area contributed by atoms with Crippen LogP contribution in [0.2, 0.25) is 0 Å². The van der Waals surface area contributed by atoms with Crippen molar-refractivity contribution >= 4 is 11.9 Å². The van der Waals surface area contributed by atoms with E-state index in [0.29, 0.717) is 36.6 Å². The number of aromatic nitrogens is 1. The fourth-order valence-corrected chi connectivity index (χ4v) is 7.83. The van der Waals surface area contributed by atoms with Crippen LogP contribution in [0, 0.1) is 17.3 Å². The van der Waals surface area contributed by atoms with Gasteiger partial charge < -0.3 is 19.3 Å². The van der Waals surface area contributed by atoms with Crippen LogP contribution >= 0.6 is 0 Å². The average Bonchev–Trinajstić information content (AvgIpc) is 3.46. The van der Waals surface area contributed by atoms with Crippen LogP contribution in [0.1, 0.15) is 94.8 Å². The van der Waals surface area contributed by atoms with Crippen LogP contribution in [0.4, 0.5) is 0 Å². The van der Waals surface area contributed by atoms with Gasteiger partial charge in [0.2, 0.25) is 5.91 Å². The molecule has 2 aliphatic carbocycles. The predicted molar refractivity (Wildman–Crippen MR) is 159 cm³/mol. The lowest BCUT2D eigenvalue weighted by atomic mass is 9.65. The molecule has 1 amide bonds. The summed E-state index contributed by atoms with van der Waals surface area (Å²) in [4.78, 5) is 42.1. The van der Waals surface area contributed by atoms with Gasteiger partial charge in [-0.2, -0.15) is 0 Å². The molecular weight excluding hydrogens is 516 g/mol. The van der Waals surface area contributed by atoms with Crippen molar-refractivity contribution in [3.63, 3.8) is 0 Å². The van der Waals surface area contributed by atoms with Crippen molar-refractivity contribution in [2.45, 2.75) is 96.6 Å². The van der Waals surface area contributed by atoms with E-state index in [9.17, 15) is 19.5 Å². The summed E-state index contributed by atoms with van der Waals surface area (Å²) in [7, 11) is 0. The first-order chi connectivity index (χ1) is 19.7. The van der Waals surface area contributed by atoms with Crippen molar-refractivity contribution in [3.05, 3.63) is 58.5 Å². The normalized spacial score (nSPS) is 23.4. The van der Waals surface area contributed by atoms with Gasteiger partial charge in [0.15, 0.2) is 0 Å². The van der Waals surface area contributed by atoms with Gasteiger partial charge in [-0.05, 0) is 44.1 Å². The molecule has 1 saturated heterocycles. The molecular formula is C34H46N2O5. The standard InChI is InChI=1S/C34H46N2O5/c1-3-41-32(39)29-22-36(30(37)21-28(29)27-14-8-5-9-15-27)24-34(40)18-19-35(23-33(34)16-10-11-17-33)31(38)25(2)20-26-12-6-4-7-13-26/h5,8-9,14-15,21-22,25-26,40H,3-4,6-7,10-13,16-20,23-24H2,1-2H3/t25-,34-/m1/s1. The molecule has 2 saturated carbocycles. The van der Waals surface area contributed by atoms with Crippen molar-refractivity contribution in [2.75, 3.05) is 19.7 Å². The average molecular weight is 563 g/mol. The van der Waals surface area contributed by atoms with Crippen LogP contribution in [-0.4, -0.2) is 51.7 Å². The van der Waals surface area contributed by atoms with Gasteiger partial charge in [0, 0.05) is 42.2 Å². The molecule has 1 aromatic carbocycles. The lowest BCUT2D eigenvalue weighted by Gasteiger charge is -2.53. The maximum Gasteiger partial charge on any atom is 0.340 e. The van der Waals surface area contributed by atoms with E-state index in [1.807, 2.05) is 35.2 Å². The Balaban J connectivity index is 1.39. The second-order valence-corrected chi connectivity index (χ2v) is 12.8. The number of nitrogens with zero attached hydrogens (tertiary/aromatic N) is 2. The Hall–Kier alpha value is -2.93. The molecule has 7 nitrogen and oxygen atoms in total. The highest BCUT2D eigenvalue weighted by Gasteiger charge is 2.55.